The quantitative estimate of drug-likeness (QED) is 0.657. The zero-order chi connectivity index (χ0) is 11.9. The van der Waals surface area contributed by atoms with Gasteiger partial charge in [0, 0.05) is 6.04 Å². The van der Waals surface area contributed by atoms with Crippen LogP contribution in [0.1, 0.15) is 38.5 Å². The number of nitrogens with zero attached hydrogens (tertiary/aromatic N) is 1. The van der Waals surface area contributed by atoms with E-state index in [-0.39, 0.29) is 18.0 Å². The molecule has 2 heterocycles. The summed E-state index contributed by atoms with van der Waals surface area (Å²) in [5.74, 6) is 0.0342. The Labute approximate surface area is 101 Å². The molecule has 17 heavy (non-hydrogen) atoms. The van der Waals surface area contributed by atoms with Crippen LogP contribution in [-0.2, 0) is 4.79 Å². The molecule has 5 nitrogen and oxygen atoms in total. The molecule has 1 saturated carbocycles. The molecule has 1 aliphatic carbocycles. The molecule has 3 amide bonds. The maximum absolute atomic E-state index is 12.5. The minimum Gasteiger partial charge on any atom is -0.323 e. The number of hydrogen-bond donors (Lipinski definition) is 2. The van der Waals surface area contributed by atoms with E-state index in [2.05, 4.69) is 10.6 Å². The van der Waals surface area contributed by atoms with Gasteiger partial charge in [0.15, 0.2) is 0 Å². The van der Waals surface area contributed by atoms with Crippen molar-refractivity contribution in [2.45, 2.75) is 50.1 Å². The van der Waals surface area contributed by atoms with Gasteiger partial charge in [-0.25, -0.2) is 4.79 Å². The van der Waals surface area contributed by atoms with Gasteiger partial charge < -0.3 is 10.6 Å². The van der Waals surface area contributed by atoms with Crippen molar-refractivity contribution >= 4 is 11.9 Å². The first kappa shape index (κ1) is 11.0. The fourth-order valence-electron chi connectivity index (χ4n) is 3.36. The third-order valence-electron chi connectivity index (χ3n) is 4.32. The monoisotopic (exact) mass is 237 g/mol. The minimum atomic E-state index is -0.540. The standard InChI is InChI=1S/C12H19N3O2/c16-10-12(5-1-2-6-12)14-11(17)15(10)9-3-7-13-8-4-9/h9,13H,1-8H2,(H,14,17). The van der Waals surface area contributed by atoms with Crippen LogP contribution in [0.25, 0.3) is 0 Å². The van der Waals surface area contributed by atoms with Crippen molar-refractivity contribution in [3.05, 3.63) is 0 Å². The second-order valence-electron chi connectivity index (χ2n) is 5.38. The predicted octanol–water partition coefficient (Wildman–Crippen LogP) is 0.603. The average Bonchev–Trinajstić information content (AvgIpc) is 2.88. The molecule has 0 aromatic rings. The van der Waals surface area contributed by atoms with Crippen LogP contribution < -0.4 is 10.6 Å². The van der Waals surface area contributed by atoms with E-state index in [0.717, 1.165) is 51.6 Å². The lowest BCUT2D eigenvalue weighted by Crippen LogP contribution is -2.48. The summed E-state index contributed by atoms with van der Waals surface area (Å²) in [6.45, 7) is 1.80. The highest BCUT2D eigenvalue weighted by Crippen LogP contribution is 2.36. The van der Waals surface area contributed by atoms with Crippen molar-refractivity contribution in [3.8, 4) is 0 Å². The van der Waals surface area contributed by atoms with Crippen LogP contribution in [0.5, 0.6) is 0 Å². The van der Waals surface area contributed by atoms with Crippen LogP contribution >= 0.6 is 0 Å². The SMILES string of the molecule is O=C1NC2(CCCC2)C(=O)N1C1CCNCC1. The molecule has 94 valence electrons. The van der Waals surface area contributed by atoms with Gasteiger partial charge in [-0.15, -0.1) is 0 Å². The molecule has 3 aliphatic rings. The Kier molecular flexibility index (Phi) is 2.58. The molecular formula is C12H19N3O2. The molecule has 3 fully saturated rings. The van der Waals surface area contributed by atoms with E-state index in [9.17, 15) is 9.59 Å². The Morgan fingerprint density at radius 2 is 1.76 bits per heavy atom. The van der Waals surface area contributed by atoms with Crippen molar-refractivity contribution in [3.63, 3.8) is 0 Å². The number of nitrogens with one attached hydrogen (secondary N) is 2. The summed E-state index contributed by atoms with van der Waals surface area (Å²) in [5.41, 5.74) is -0.540. The molecule has 5 heteroatoms. The second kappa shape index (κ2) is 3.98. The molecule has 2 N–H and O–H groups in total. The Bertz CT molecular complexity index is 344. The number of imide groups is 1. The van der Waals surface area contributed by atoms with Crippen molar-refractivity contribution < 1.29 is 9.59 Å². The van der Waals surface area contributed by atoms with E-state index in [1.54, 1.807) is 0 Å². The fraction of sp³-hybridized carbons (Fsp3) is 0.833. The lowest BCUT2D eigenvalue weighted by molar-refractivity contribution is -0.133. The van der Waals surface area contributed by atoms with Crippen molar-refractivity contribution in [2.24, 2.45) is 0 Å². The van der Waals surface area contributed by atoms with Gasteiger partial charge in [-0.3, -0.25) is 9.69 Å². The van der Waals surface area contributed by atoms with Crippen LogP contribution in [0.4, 0.5) is 4.79 Å². The molecule has 0 radical (unpaired) electrons. The van der Waals surface area contributed by atoms with Gasteiger partial charge in [0.1, 0.15) is 5.54 Å². The maximum atomic E-state index is 12.5. The Hall–Kier alpha value is -1.10. The zero-order valence-corrected chi connectivity index (χ0v) is 10.00. The summed E-state index contributed by atoms with van der Waals surface area (Å²) in [7, 11) is 0. The Balaban J connectivity index is 1.80. The fourth-order valence-corrected chi connectivity index (χ4v) is 3.36. The largest absolute Gasteiger partial charge is 0.325 e. The predicted molar refractivity (Wildman–Crippen MR) is 62.5 cm³/mol. The van der Waals surface area contributed by atoms with E-state index < -0.39 is 5.54 Å². The van der Waals surface area contributed by atoms with Gasteiger partial charge >= 0.3 is 6.03 Å². The molecule has 2 saturated heterocycles. The van der Waals surface area contributed by atoms with Crippen LogP contribution in [0.15, 0.2) is 0 Å². The van der Waals surface area contributed by atoms with Gasteiger partial charge in [0.2, 0.25) is 0 Å². The van der Waals surface area contributed by atoms with Crippen molar-refractivity contribution in [1.29, 1.82) is 0 Å². The molecular weight excluding hydrogens is 218 g/mol. The zero-order valence-electron chi connectivity index (χ0n) is 10.00. The molecule has 1 spiro atoms. The smallest absolute Gasteiger partial charge is 0.323 e. The maximum Gasteiger partial charge on any atom is 0.325 e. The third kappa shape index (κ3) is 1.64. The molecule has 3 rings (SSSR count). The van der Waals surface area contributed by atoms with Gasteiger partial charge in [-0.05, 0) is 38.8 Å². The molecule has 0 aromatic heterocycles. The van der Waals surface area contributed by atoms with Crippen LogP contribution in [0, 0.1) is 0 Å². The van der Waals surface area contributed by atoms with Crippen molar-refractivity contribution in [1.82, 2.24) is 15.5 Å². The van der Waals surface area contributed by atoms with Gasteiger partial charge in [0.05, 0.1) is 0 Å². The van der Waals surface area contributed by atoms with Gasteiger partial charge in [-0.1, -0.05) is 12.8 Å². The highest BCUT2D eigenvalue weighted by atomic mass is 16.2. The van der Waals surface area contributed by atoms with Crippen LogP contribution in [0.3, 0.4) is 0 Å². The minimum absolute atomic E-state index is 0.0342. The van der Waals surface area contributed by atoms with E-state index >= 15 is 0 Å². The summed E-state index contributed by atoms with van der Waals surface area (Å²) in [6, 6.07) is -0.0625. The normalized spacial score (nSPS) is 29.1. The first-order valence-corrected chi connectivity index (χ1v) is 6.59. The number of amides is 3. The number of piperidine rings is 1. The van der Waals surface area contributed by atoms with Crippen molar-refractivity contribution in [2.75, 3.05) is 13.1 Å². The number of carbonyl (C=O) groups is 2. The lowest BCUT2D eigenvalue weighted by Gasteiger charge is -2.30. The topological polar surface area (TPSA) is 61.4 Å². The summed E-state index contributed by atoms with van der Waals surface area (Å²) in [4.78, 5) is 26.0. The highest BCUT2D eigenvalue weighted by molar-refractivity contribution is 6.07. The van der Waals surface area contributed by atoms with Gasteiger partial charge in [-0.2, -0.15) is 0 Å². The summed E-state index contributed by atoms with van der Waals surface area (Å²) in [6.07, 6.45) is 5.50. The number of hydrogen-bond acceptors (Lipinski definition) is 3. The summed E-state index contributed by atoms with van der Waals surface area (Å²) in [5, 5.41) is 6.20. The molecule has 0 aromatic carbocycles. The van der Waals surface area contributed by atoms with E-state index in [1.165, 1.54) is 4.90 Å². The van der Waals surface area contributed by atoms with E-state index in [1.807, 2.05) is 0 Å². The summed E-state index contributed by atoms with van der Waals surface area (Å²) < 4.78 is 0. The highest BCUT2D eigenvalue weighted by Gasteiger charge is 2.54. The van der Waals surface area contributed by atoms with E-state index in [0.29, 0.717) is 0 Å². The Morgan fingerprint density at radius 3 is 2.41 bits per heavy atom. The Morgan fingerprint density at radius 1 is 1.12 bits per heavy atom. The first-order chi connectivity index (χ1) is 8.23. The number of rotatable bonds is 1. The molecule has 0 unspecified atom stereocenters. The van der Waals surface area contributed by atoms with Crippen LogP contribution in [0.2, 0.25) is 0 Å². The second-order valence-corrected chi connectivity index (χ2v) is 5.38. The van der Waals surface area contributed by atoms with Gasteiger partial charge in [0.25, 0.3) is 5.91 Å². The summed E-state index contributed by atoms with van der Waals surface area (Å²) >= 11 is 0. The molecule has 0 atom stereocenters. The number of urea groups is 1. The van der Waals surface area contributed by atoms with Crippen LogP contribution in [-0.4, -0.2) is 41.5 Å². The third-order valence-corrected chi connectivity index (χ3v) is 4.32. The van der Waals surface area contributed by atoms with E-state index in [4.69, 9.17) is 0 Å². The average molecular weight is 237 g/mol. The molecule has 2 aliphatic heterocycles. The number of carbonyl (C=O) groups excluding carboxylic acids is 2. The first-order valence-electron chi connectivity index (χ1n) is 6.59. The lowest BCUT2D eigenvalue weighted by atomic mass is 9.96. The molecule has 0 bridgehead atoms.